The van der Waals surface area contributed by atoms with E-state index in [0.29, 0.717) is 6.54 Å². The molecule has 0 saturated carbocycles. The zero-order valence-electron chi connectivity index (χ0n) is 12.1. The lowest BCUT2D eigenvalue weighted by Crippen LogP contribution is -2.39. The van der Waals surface area contributed by atoms with Crippen LogP contribution in [0.2, 0.25) is 0 Å². The molecule has 0 aliphatic heterocycles. The molecule has 1 aromatic carbocycles. The molecule has 1 amide bonds. The van der Waals surface area contributed by atoms with Crippen LogP contribution in [0.4, 0.5) is 0 Å². The Hall–Kier alpha value is -1.40. The van der Waals surface area contributed by atoms with Crippen LogP contribution in [-0.4, -0.2) is 39.2 Å². The van der Waals surface area contributed by atoms with Crippen molar-refractivity contribution in [2.24, 2.45) is 0 Å². The Balaban J connectivity index is 2.89. The van der Waals surface area contributed by atoms with E-state index in [-0.39, 0.29) is 28.2 Å². The fourth-order valence-electron chi connectivity index (χ4n) is 1.84. The van der Waals surface area contributed by atoms with Gasteiger partial charge in [-0.15, -0.1) is 0 Å². The van der Waals surface area contributed by atoms with Crippen molar-refractivity contribution in [1.29, 1.82) is 0 Å². The summed E-state index contributed by atoms with van der Waals surface area (Å²) >= 11 is 0. The number of nitrogens with one attached hydrogen (secondary N) is 2. The number of carbonyl (C=O) groups is 1. The average molecular weight is 298 g/mol. The molecule has 0 radical (unpaired) electrons. The Morgan fingerprint density at radius 1 is 1.25 bits per heavy atom. The second-order valence-corrected chi connectivity index (χ2v) is 6.82. The molecule has 2 N–H and O–H groups in total. The van der Waals surface area contributed by atoms with Gasteiger partial charge >= 0.3 is 0 Å². The highest BCUT2D eigenvalue weighted by molar-refractivity contribution is 7.91. The molecular formula is C14H22N2O3S. The number of amides is 1. The number of hydrogen-bond acceptors (Lipinski definition) is 4. The SMILES string of the molecule is CCN[C@H](C)CNC(=O)c1ccccc1S(=O)(=O)CC. The van der Waals surface area contributed by atoms with Crippen molar-refractivity contribution >= 4 is 15.7 Å². The summed E-state index contributed by atoms with van der Waals surface area (Å²) in [6, 6.07) is 6.44. The van der Waals surface area contributed by atoms with Crippen molar-refractivity contribution in [3.05, 3.63) is 29.8 Å². The molecule has 6 heteroatoms. The minimum Gasteiger partial charge on any atom is -0.350 e. The third-order valence-electron chi connectivity index (χ3n) is 2.97. The van der Waals surface area contributed by atoms with Gasteiger partial charge in [0.05, 0.1) is 16.2 Å². The average Bonchev–Trinajstić information content (AvgIpc) is 2.45. The molecule has 0 spiro atoms. The topological polar surface area (TPSA) is 75.3 Å². The standard InChI is InChI=1S/C14H22N2O3S/c1-4-15-11(3)10-16-14(17)12-8-6-7-9-13(12)20(18,19)5-2/h6-9,11,15H,4-5,10H2,1-3H3,(H,16,17)/t11-/m1/s1. The second kappa shape index (κ2) is 7.40. The van der Waals surface area contributed by atoms with Gasteiger partial charge in [0, 0.05) is 12.6 Å². The van der Waals surface area contributed by atoms with Crippen LogP contribution < -0.4 is 10.6 Å². The molecule has 5 nitrogen and oxygen atoms in total. The molecule has 20 heavy (non-hydrogen) atoms. The normalized spacial score (nSPS) is 12.9. The molecular weight excluding hydrogens is 276 g/mol. The molecule has 0 unspecified atom stereocenters. The van der Waals surface area contributed by atoms with E-state index in [2.05, 4.69) is 10.6 Å². The number of benzene rings is 1. The number of likely N-dealkylation sites (N-methyl/N-ethyl adjacent to an activating group) is 1. The fourth-order valence-corrected chi connectivity index (χ4v) is 2.94. The van der Waals surface area contributed by atoms with Gasteiger partial charge in [0.25, 0.3) is 5.91 Å². The largest absolute Gasteiger partial charge is 0.350 e. The summed E-state index contributed by atoms with van der Waals surface area (Å²) in [5.74, 6) is -0.382. The highest BCUT2D eigenvalue weighted by Gasteiger charge is 2.20. The molecule has 112 valence electrons. The Morgan fingerprint density at radius 3 is 2.50 bits per heavy atom. The van der Waals surface area contributed by atoms with Crippen molar-refractivity contribution in [1.82, 2.24) is 10.6 Å². The first kappa shape index (κ1) is 16.7. The van der Waals surface area contributed by atoms with Crippen LogP contribution in [0.15, 0.2) is 29.2 Å². The van der Waals surface area contributed by atoms with E-state index < -0.39 is 9.84 Å². The maximum atomic E-state index is 12.1. The molecule has 0 saturated heterocycles. The molecule has 0 fully saturated rings. The lowest BCUT2D eigenvalue weighted by molar-refractivity contribution is 0.0947. The predicted molar refractivity (Wildman–Crippen MR) is 79.6 cm³/mol. The number of sulfone groups is 1. The van der Waals surface area contributed by atoms with E-state index in [9.17, 15) is 13.2 Å². The summed E-state index contributed by atoms with van der Waals surface area (Å²) < 4.78 is 23.9. The molecule has 0 aromatic heterocycles. The Bertz CT molecular complexity index is 555. The first-order valence-electron chi connectivity index (χ1n) is 6.75. The Labute approximate surface area is 120 Å². The lowest BCUT2D eigenvalue weighted by Gasteiger charge is -2.14. The van der Waals surface area contributed by atoms with Crippen LogP contribution >= 0.6 is 0 Å². The third kappa shape index (κ3) is 4.31. The first-order valence-corrected chi connectivity index (χ1v) is 8.41. The van der Waals surface area contributed by atoms with E-state index in [0.717, 1.165) is 6.54 Å². The van der Waals surface area contributed by atoms with Gasteiger partial charge in [0.2, 0.25) is 0 Å². The number of rotatable bonds is 7. The van der Waals surface area contributed by atoms with Crippen molar-refractivity contribution < 1.29 is 13.2 Å². The zero-order valence-corrected chi connectivity index (χ0v) is 13.0. The minimum absolute atomic E-state index is 0.0227. The highest BCUT2D eigenvalue weighted by atomic mass is 32.2. The van der Waals surface area contributed by atoms with E-state index in [1.54, 1.807) is 19.1 Å². The van der Waals surface area contributed by atoms with Crippen LogP contribution in [-0.2, 0) is 9.84 Å². The summed E-state index contributed by atoms with van der Waals surface area (Å²) in [7, 11) is -3.40. The van der Waals surface area contributed by atoms with Crippen molar-refractivity contribution in [3.8, 4) is 0 Å². The third-order valence-corrected chi connectivity index (χ3v) is 4.75. The van der Waals surface area contributed by atoms with Gasteiger partial charge in [0.1, 0.15) is 0 Å². The van der Waals surface area contributed by atoms with Crippen LogP contribution in [0.3, 0.4) is 0 Å². The maximum Gasteiger partial charge on any atom is 0.252 e. The predicted octanol–water partition coefficient (Wildman–Crippen LogP) is 1.21. The van der Waals surface area contributed by atoms with Crippen LogP contribution in [0, 0.1) is 0 Å². The van der Waals surface area contributed by atoms with Crippen LogP contribution in [0.1, 0.15) is 31.1 Å². The minimum atomic E-state index is -3.40. The summed E-state index contributed by atoms with van der Waals surface area (Å²) in [6.07, 6.45) is 0. The first-order chi connectivity index (χ1) is 9.42. The summed E-state index contributed by atoms with van der Waals surface area (Å²) in [5, 5.41) is 5.93. The van der Waals surface area contributed by atoms with Crippen LogP contribution in [0.5, 0.6) is 0 Å². The van der Waals surface area contributed by atoms with Gasteiger partial charge in [-0.3, -0.25) is 4.79 Å². The number of carbonyl (C=O) groups excluding carboxylic acids is 1. The monoisotopic (exact) mass is 298 g/mol. The smallest absolute Gasteiger partial charge is 0.252 e. The fraction of sp³-hybridized carbons (Fsp3) is 0.500. The number of hydrogen-bond donors (Lipinski definition) is 2. The molecule has 0 aliphatic rings. The van der Waals surface area contributed by atoms with E-state index >= 15 is 0 Å². The Morgan fingerprint density at radius 2 is 1.90 bits per heavy atom. The molecule has 0 heterocycles. The quantitative estimate of drug-likeness (QED) is 0.793. The Kier molecular flexibility index (Phi) is 6.16. The van der Waals surface area contributed by atoms with Gasteiger partial charge in [-0.05, 0) is 25.6 Å². The summed E-state index contributed by atoms with van der Waals surface area (Å²) in [4.78, 5) is 12.2. The van der Waals surface area contributed by atoms with Gasteiger partial charge in [-0.25, -0.2) is 8.42 Å². The van der Waals surface area contributed by atoms with Crippen molar-refractivity contribution in [3.63, 3.8) is 0 Å². The van der Waals surface area contributed by atoms with Gasteiger partial charge < -0.3 is 10.6 Å². The molecule has 0 aliphatic carbocycles. The van der Waals surface area contributed by atoms with Crippen LogP contribution in [0.25, 0.3) is 0 Å². The molecule has 1 atom stereocenters. The molecule has 0 bridgehead atoms. The van der Waals surface area contributed by atoms with E-state index in [4.69, 9.17) is 0 Å². The summed E-state index contributed by atoms with van der Waals surface area (Å²) in [5.41, 5.74) is 0.207. The van der Waals surface area contributed by atoms with Crippen molar-refractivity contribution in [2.75, 3.05) is 18.8 Å². The van der Waals surface area contributed by atoms with Gasteiger partial charge in [0.15, 0.2) is 9.84 Å². The van der Waals surface area contributed by atoms with E-state index in [1.807, 2.05) is 13.8 Å². The highest BCUT2D eigenvalue weighted by Crippen LogP contribution is 2.16. The maximum absolute atomic E-state index is 12.1. The van der Waals surface area contributed by atoms with Crippen molar-refractivity contribution in [2.45, 2.75) is 31.7 Å². The van der Waals surface area contributed by atoms with Gasteiger partial charge in [-0.1, -0.05) is 26.0 Å². The second-order valence-electron chi connectivity index (χ2n) is 4.57. The molecule has 1 rings (SSSR count). The van der Waals surface area contributed by atoms with Gasteiger partial charge in [-0.2, -0.15) is 0 Å². The zero-order chi connectivity index (χ0) is 15.2. The summed E-state index contributed by atoms with van der Waals surface area (Å²) in [6.45, 7) is 6.78. The lowest BCUT2D eigenvalue weighted by atomic mass is 10.2. The molecule has 1 aromatic rings. The van der Waals surface area contributed by atoms with E-state index in [1.165, 1.54) is 12.1 Å².